The molecule has 8 fully saturated rings. The van der Waals surface area contributed by atoms with Crippen molar-refractivity contribution in [3.8, 4) is 0 Å². The lowest BCUT2D eigenvalue weighted by atomic mass is 9.37. The highest BCUT2D eigenvalue weighted by atomic mass is 14.7. The van der Waals surface area contributed by atoms with Gasteiger partial charge in [0.1, 0.15) is 0 Å². The predicted octanol–water partition coefficient (Wildman–Crippen LogP) is 18.4. The zero-order valence-electron chi connectivity index (χ0n) is 42.4. The number of hydrogen-bond donors (Lipinski definition) is 0. The van der Waals surface area contributed by atoms with E-state index >= 15 is 0 Å². The molecule has 60 heavy (non-hydrogen) atoms. The first-order chi connectivity index (χ1) is 28.7. The van der Waals surface area contributed by atoms with E-state index in [9.17, 15) is 0 Å². The van der Waals surface area contributed by atoms with Crippen LogP contribution in [-0.2, 0) is 0 Å². The monoisotopic (exact) mass is 825 g/mol. The number of fused-ring (bicyclic) bond motifs is 10. The first-order valence-corrected chi connectivity index (χ1v) is 28.3. The van der Waals surface area contributed by atoms with Crippen molar-refractivity contribution in [2.75, 3.05) is 0 Å². The summed E-state index contributed by atoms with van der Waals surface area (Å²) in [4.78, 5) is 0. The van der Waals surface area contributed by atoms with Crippen molar-refractivity contribution in [2.45, 2.75) is 243 Å². The van der Waals surface area contributed by atoms with Gasteiger partial charge in [-0.05, 0) is 238 Å². The van der Waals surface area contributed by atoms with E-state index in [0.717, 1.165) is 101 Å². The largest absolute Gasteiger partial charge is 0.0888 e. The molecule has 0 aromatic rings. The average molecular weight is 825 g/mol. The molecule has 344 valence electrons. The van der Waals surface area contributed by atoms with Crippen molar-refractivity contribution in [1.29, 1.82) is 0 Å². The molecule has 0 heteroatoms. The molecule has 0 aliphatic heterocycles. The Balaban J connectivity index is 1.07. The Hall–Kier alpha value is -0.260. The van der Waals surface area contributed by atoms with Crippen LogP contribution in [0.25, 0.3) is 0 Å². The molecule has 8 rings (SSSR count). The Bertz CT molecular complexity index is 1320. The summed E-state index contributed by atoms with van der Waals surface area (Å²) in [6.45, 7) is 29.3. The number of rotatable bonds is 15. The van der Waals surface area contributed by atoms with Crippen LogP contribution in [0.3, 0.4) is 0 Å². The topological polar surface area (TPSA) is 0 Å². The maximum atomic E-state index is 3.01. The first-order valence-electron chi connectivity index (χ1n) is 28.3. The Kier molecular flexibility index (Phi) is 14.3. The van der Waals surface area contributed by atoms with E-state index in [1.165, 1.54) is 64.2 Å². The van der Waals surface area contributed by atoms with E-state index in [1.807, 2.05) is 0 Å². The van der Waals surface area contributed by atoms with Gasteiger partial charge in [-0.3, -0.25) is 0 Å². The van der Waals surface area contributed by atoms with Crippen molar-refractivity contribution >= 4 is 0 Å². The van der Waals surface area contributed by atoms with E-state index in [4.69, 9.17) is 0 Å². The molecule has 0 saturated heterocycles. The molecular weight excluding hydrogens is 721 g/mol. The summed E-state index contributed by atoms with van der Waals surface area (Å²) in [5.74, 6) is 16.3. The normalized spacial score (nSPS) is 47.9. The van der Waals surface area contributed by atoms with Gasteiger partial charge in [0, 0.05) is 0 Å². The lowest BCUT2D eigenvalue weighted by Crippen LogP contribution is -2.61. The Morgan fingerprint density at radius 3 is 1.32 bits per heavy atom. The maximum Gasteiger partial charge on any atom is -0.0235 e. The summed E-state index contributed by atoms with van der Waals surface area (Å²) in [5.41, 5.74) is 2.33. The second-order valence-corrected chi connectivity index (χ2v) is 26.9. The van der Waals surface area contributed by atoms with Gasteiger partial charge in [-0.2, -0.15) is 0 Å². The molecule has 0 heterocycles. The maximum absolute atomic E-state index is 3.01. The quantitative estimate of drug-likeness (QED) is 0.144. The minimum absolute atomic E-state index is 0.557. The van der Waals surface area contributed by atoms with Gasteiger partial charge >= 0.3 is 0 Å². The van der Waals surface area contributed by atoms with Gasteiger partial charge in [0.05, 0.1) is 0 Å². The third kappa shape index (κ3) is 7.97. The molecule has 0 aromatic heterocycles. The zero-order valence-corrected chi connectivity index (χ0v) is 42.4. The molecule has 8 saturated carbocycles. The van der Waals surface area contributed by atoms with Crippen LogP contribution >= 0.6 is 0 Å². The first kappa shape index (κ1) is 46.3. The van der Waals surface area contributed by atoms with Gasteiger partial charge in [-0.1, -0.05) is 140 Å². The zero-order chi connectivity index (χ0) is 42.6. The van der Waals surface area contributed by atoms with Crippen LogP contribution in [0.15, 0.2) is 12.2 Å². The fourth-order valence-corrected chi connectivity index (χ4v) is 21.2. The summed E-state index contributed by atoms with van der Waals surface area (Å²) in [6, 6.07) is 0. The standard InChI is InChI=1S/C60H104/c1-12-13-14-25-46(53-26-17-23-44-28-30-47-51-34-32-49(42(6)21-15-19-40(2)3)57(51,8)38-36-55(47)59(44,53)10)54-27-18-24-45-29-31-48-52-35-33-50(43(7)22-16-20-41(4)5)58(52,9)39-37-56(48)60(45,54)11/h13-14,40-56H,12,15-39H2,1-11H3/t42-,43-,44?,45?,46?,47+,48+,49-,50-,51+,52+,53?,54?,55+,56+,57-,58-,59-,60-/m1/s1. The fraction of sp³-hybridized carbons (Fsp3) is 0.967. The van der Waals surface area contributed by atoms with Gasteiger partial charge in [-0.15, -0.1) is 0 Å². The average Bonchev–Trinajstić information content (AvgIpc) is 3.76. The molecule has 0 spiro atoms. The van der Waals surface area contributed by atoms with Crippen molar-refractivity contribution in [3.63, 3.8) is 0 Å². The highest BCUT2D eigenvalue weighted by molar-refractivity contribution is 5.16. The van der Waals surface area contributed by atoms with Gasteiger partial charge in [0.15, 0.2) is 0 Å². The highest BCUT2D eigenvalue weighted by Gasteiger charge is 2.66. The lowest BCUT2D eigenvalue weighted by Gasteiger charge is -2.67. The van der Waals surface area contributed by atoms with Crippen LogP contribution in [0, 0.1) is 122 Å². The minimum atomic E-state index is 0.557. The van der Waals surface area contributed by atoms with E-state index < -0.39 is 0 Å². The molecule has 0 radical (unpaired) electrons. The van der Waals surface area contributed by atoms with Crippen LogP contribution in [0.1, 0.15) is 243 Å². The molecule has 18 atom stereocenters. The van der Waals surface area contributed by atoms with Crippen LogP contribution in [-0.4, -0.2) is 0 Å². The SMILES string of the molecule is CCC=CCC(C1CCCC2CC[C@@H]3[C@H](CC[C@]4(C)[C@@H]([C@H](C)CCCC(C)C)CC[C@@H]34)[C@]21C)C1CCCC2CC[C@@H]3[C@H](CC[C@]4(C)[C@@H]([C@H](C)CCCC(C)C)CC[C@@H]34)[C@]21C. The Morgan fingerprint density at radius 1 is 0.450 bits per heavy atom. The summed E-state index contributed by atoms with van der Waals surface area (Å²) >= 11 is 0. The summed E-state index contributed by atoms with van der Waals surface area (Å²) in [5, 5.41) is 0. The lowest BCUT2D eigenvalue weighted by molar-refractivity contribution is -0.188. The third-order valence-corrected chi connectivity index (χ3v) is 23.9. The summed E-state index contributed by atoms with van der Waals surface area (Å²) in [6.07, 6.45) is 44.8. The van der Waals surface area contributed by atoms with E-state index in [2.05, 4.69) is 88.3 Å². The van der Waals surface area contributed by atoms with E-state index in [-0.39, 0.29) is 0 Å². The smallest absolute Gasteiger partial charge is 0.0235 e. The van der Waals surface area contributed by atoms with E-state index in [0.29, 0.717) is 21.7 Å². The summed E-state index contributed by atoms with van der Waals surface area (Å²) < 4.78 is 0. The fourth-order valence-electron chi connectivity index (χ4n) is 21.2. The Morgan fingerprint density at radius 2 is 0.900 bits per heavy atom. The molecule has 0 bridgehead atoms. The molecule has 0 N–H and O–H groups in total. The third-order valence-electron chi connectivity index (χ3n) is 23.9. The van der Waals surface area contributed by atoms with Crippen LogP contribution in [0.4, 0.5) is 0 Å². The molecule has 0 aromatic carbocycles. The summed E-state index contributed by atoms with van der Waals surface area (Å²) in [7, 11) is 0. The molecule has 8 aliphatic carbocycles. The molecule has 0 amide bonds. The number of allylic oxidation sites excluding steroid dienone is 2. The van der Waals surface area contributed by atoms with Crippen LogP contribution in [0.5, 0.6) is 0 Å². The van der Waals surface area contributed by atoms with E-state index in [1.54, 1.807) is 103 Å². The van der Waals surface area contributed by atoms with Crippen molar-refractivity contribution in [3.05, 3.63) is 12.2 Å². The highest BCUT2D eigenvalue weighted by Crippen LogP contribution is 2.74. The molecule has 4 unspecified atom stereocenters. The minimum Gasteiger partial charge on any atom is -0.0888 e. The number of hydrogen-bond acceptors (Lipinski definition) is 0. The second kappa shape index (κ2) is 18.6. The van der Waals surface area contributed by atoms with Crippen molar-refractivity contribution < 1.29 is 0 Å². The van der Waals surface area contributed by atoms with Crippen LogP contribution < -0.4 is 0 Å². The van der Waals surface area contributed by atoms with Crippen LogP contribution in [0.2, 0.25) is 0 Å². The second-order valence-electron chi connectivity index (χ2n) is 26.9. The molecular formula is C60H104. The van der Waals surface area contributed by atoms with Crippen molar-refractivity contribution in [1.82, 2.24) is 0 Å². The van der Waals surface area contributed by atoms with Gasteiger partial charge in [-0.25, -0.2) is 0 Å². The predicted molar refractivity (Wildman–Crippen MR) is 261 cm³/mol. The molecule has 0 nitrogen and oxygen atoms in total. The van der Waals surface area contributed by atoms with Gasteiger partial charge in [0.2, 0.25) is 0 Å². The Labute approximate surface area is 376 Å². The van der Waals surface area contributed by atoms with Crippen molar-refractivity contribution in [2.24, 2.45) is 122 Å². The van der Waals surface area contributed by atoms with Gasteiger partial charge < -0.3 is 0 Å². The molecule has 8 aliphatic rings. The van der Waals surface area contributed by atoms with Gasteiger partial charge in [0.25, 0.3) is 0 Å².